The standard InChI is InChI=1S/C28H34N2O3/c1-6-24(27(32)29-28(3,4)5)30(18-21-16-14-20(2)15-17-21)26(31)19-33-25-13-9-11-22-10-7-8-12-23(22)25/h7-17,24H,6,18-19H2,1-5H3,(H,29,32)/t24-/m0/s1. The topological polar surface area (TPSA) is 58.6 Å². The molecule has 1 N–H and O–H groups in total. The SMILES string of the molecule is CC[C@@H](C(=O)NC(C)(C)C)N(Cc1ccc(C)cc1)C(=O)COc1cccc2ccccc12. The van der Waals surface area contributed by atoms with Gasteiger partial charge in [-0.2, -0.15) is 0 Å². The minimum atomic E-state index is -0.589. The van der Waals surface area contributed by atoms with Gasteiger partial charge in [0.15, 0.2) is 6.61 Å². The van der Waals surface area contributed by atoms with E-state index >= 15 is 0 Å². The number of ether oxygens (including phenoxy) is 1. The van der Waals surface area contributed by atoms with E-state index in [2.05, 4.69) is 5.32 Å². The van der Waals surface area contributed by atoms with Crippen LogP contribution in [0.15, 0.2) is 66.7 Å². The van der Waals surface area contributed by atoms with Crippen LogP contribution in [0.3, 0.4) is 0 Å². The normalized spacial score (nSPS) is 12.3. The summed E-state index contributed by atoms with van der Waals surface area (Å²) in [6.07, 6.45) is 0.508. The first-order chi connectivity index (χ1) is 15.7. The van der Waals surface area contributed by atoms with Crippen molar-refractivity contribution < 1.29 is 14.3 Å². The third kappa shape index (κ3) is 6.58. The fourth-order valence-electron chi connectivity index (χ4n) is 3.81. The Morgan fingerprint density at radius 2 is 1.64 bits per heavy atom. The van der Waals surface area contributed by atoms with E-state index < -0.39 is 6.04 Å². The number of carbonyl (C=O) groups excluding carboxylic acids is 2. The molecule has 0 saturated carbocycles. The van der Waals surface area contributed by atoms with E-state index in [1.165, 1.54) is 0 Å². The van der Waals surface area contributed by atoms with Crippen LogP contribution in [0.25, 0.3) is 10.8 Å². The molecule has 3 aromatic carbocycles. The zero-order valence-electron chi connectivity index (χ0n) is 20.2. The van der Waals surface area contributed by atoms with Crippen molar-refractivity contribution in [1.29, 1.82) is 0 Å². The summed E-state index contributed by atoms with van der Waals surface area (Å²) in [5.74, 6) is 0.277. The summed E-state index contributed by atoms with van der Waals surface area (Å²) in [5.41, 5.74) is 1.73. The second-order valence-electron chi connectivity index (χ2n) is 9.44. The van der Waals surface area contributed by atoms with Gasteiger partial charge in [0, 0.05) is 17.5 Å². The first kappa shape index (κ1) is 24.3. The Bertz CT molecular complexity index is 1090. The third-order valence-corrected chi connectivity index (χ3v) is 5.46. The van der Waals surface area contributed by atoms with Crippen LogP contribution < -0.4 is 10.1 Å². The number of rotatable bonds is 8. The number of benzene rings is 3. The van der Waals surface area contributed by atoms with Crippen molar-refractivity contribution in [1.82, 2.24) is 10.2 Å². The van der Waals surface area contributed by atoms with Crippen molar-refractivity contribution >= 4 is 22.6 Å². The number of hydrogen-bond donors (Lipinski definition) is 1. The Morgan fingerprint density at radius 1 is 0.970 bits per heavy atom. The molecule has 2 amide bonds. The highest BCUT2D eigenvalue weighted by Gasteiger charge is 2.31. The van der Waals surface area contributed by atoms with Gasteiger partial charge < -0.3 is 15.0 Å². The molecule has 3 aromatic rings. The van der Waals surface area contributed by atoms with Gasteiger partial charge in [0.2, 0.25) is 5.91 Å². The molecule has 0 fully saturated rings. The molecule has 0 heterocycles. The summed E-state index contributed by atoms with van der Waals surface area (Å²) in [7, 11) is 0. The fourth-order valence-corrected chi connectivity index (χ4v) is 3.81. The molecule has 174 valence electrons. The van der Waals surface area contributed by atoms with Gasteiger partial charge in [0.1, 0.15) is 11.8 Å². The first-order valence-electron chi connectivity index (χ1n) is 11.5. The zero-order valence-corrected chi connectivity index (χ0v) is 20.2. The quantitative estimate of drug-likeness (QED) is 0.514. The maximum absolute atomic E-state index is 13.4. The van der Waals surface area contributed by atoms with E-state index in [4.69, 9.17) is 4.74 Å². The Hall–Kier alpha value is -3.34. The lowest BCUT2D eigenvalue weighted by molar-refractivity contribution is -0.143. The van der Waals surface area contributed by atoms with Crippen LogP contribution in [0.2, 0.25) is 0 Å². The van der Waals surface area contributed by atoms with Gasteiger partial charge in [0.05, 0.1) is 0 Å². The van der Waals surface area contributed by atoms with E-state index in [0.29, 0.717) is 18.7 Å². The molecule has 0 radical (unpaired) electrons. The molecule has 33 heavy (non-hydrogen) atoms. The maximum atomic E-state index is 13.4. The molecule has 0 saturated heterocycles. The van der Waals surface area contributed by atoms with Gasteiger partial charge in [0.25, 0.3) is 5.91 Å². The van der Waals surface area contributed by atoms with Crippen molar-refractivity contribution in [3.63, 3.8) is 0 Å². The maximum Gasteiger partial charge on any atom is 0.261 e. The molecule has 0 unspecified atom stereocenters. The average Bonchev–Trinajstić information content (AvgIpc) is 2.77. The molecule has 0 aliphatic carbocycles. The largest absolute Gasteiger partial charge is 0.483 e. The van der Waals surface area contributed by atoms with Crippen molar-refractivity contribution in [3.05, 3.63) is 77.9 Å². The third-order valence-electron chi connectivity index (χ3n) is 5.46. The molecule has 0 spiro atoms. The van der Waals surface area contributed by atoms with E-state index in [9.17, 15) is 9.59 Å². The monoisotopic (exact) mass is 446 g/mol. The van der Waals surface area contributed by atoms with Gasteiger partial charge >= 0.3 is 0 Å². The molecule has 3 rings (SSSR count). The van der Waals surface area contributed by atoms with Crippen LogP contribution in [0.5, 0.6) is 5.75 Å². The molecule has 5 heteroatoms. The number of aryl methyl sites for hydroxylation is 1. The summed E-state index contributed by atoms with van der Waals surface area (Å²) in [4.78, 5) is 28.1. The fraction of sp³-hybridized carbons (Fsp3) is 0.357. The van der Waals surface area contributed by atoms with Crippen LogP contribution in [0.1, 0.15) is 45.2 Å². The molecule has 0 bridgehead atoms. The Balaban J connectivity index is 1.84. The van der Waals surface area contributed by atoms with Gasteiger partial charge in [-0.25, -0.2) is 0 Å². The molecule has 0 aliphatic heterocycles. The predicted molar refractivity (Wildman–Crippen MR) is 133 cm³/mol. The second kappa shape index (κ2) is 10.5. The molecular formula is C28H34N2O3. The highest BCUT2D eigenvalue weighted by Crippen LogP contribution is 2.25. The minimum absolute atomic E-state index is 0.140. The highest BCUT2D eigenvalue weighted by molar-refractivity contribution is 5.90. The van der Waals surface area contributed by atoms with Crippen molar-refractivity contribution in [2.24, 2.45) is 0 Å². The van der Waals surface area contributed by atoms with E-state index in [-0.39, 0.29) is 24.0 Å². The van der Waals surface area contributed by atoms with Crippen molar-refractivity contribution in [2.75, 3.05) is 6.61 Å². The molecule has 1 atom stereocenters. The summed E-state index contributed by atoms with van der Waals surface area (Å²) in [6.45, 7) is 9.96. The smallest absolute Gasteiger partial charge is 0.261 e. The van der Waals surface area contributed by atoms with Crippen molar-refractivity contribution in [2.45, 2.75) is 59.2 Å². The summed E-state index contributed by atoms with van der Waals surface area (Å²) in [5, 5.41) is 5.03. The highest BCUT2D eigenvalue weighted by atomic mass is 16.5. The molecular weight excluding hydrogens is 412 g/mol. The molecule has 5 nitrogen and oxygen atoms in total. The Labute approximate surface area is 196 Å². The molecule has 0 aliphatic rings. The van der Waals surface area contributed by atoms with E-state index in [1.807, 2.05) is 101 Å². The van der Waals surface area contributed by atoms with Crippen LogP contribution in [0, 0.1) is 6.92 Å². The number of carbonyl (C=O) groups is 2. The van der Waals surface area contributed by atoms with Gasteiger partial charge in [-0.1, -0.05) is 73.2 Å². The lowest BCUT2D eigenvalue weighted by atomic mass is 10.1. The first-order valence-corrected chi connectivity index (χ1v) is 11.5. The molecule has 0 aromatic heterocycles. The number of amides is 2. The predicted octanol–water partition coefficient (Wildman–Crippen LogP) is 5.25. The minimum Gasteiger partial charge on any atom is -0.483 e. The second-order valence-corrected chi connectivity index (χ2v) is 9.44. The van der Waals surface area contributed by atoms with Crippen LogP contribution in [0.4, 0.5) is 0 Å². The Morgan fingerprint density at radius 3 is 2.30 bits per heavy atom. The number of hydrogen-bond acceptors (Lipinski definition) is 3. The van der Waals surface area contributed by atoms with E-state index in [0.717, 1.165) is 21.9 Å². The summed E-state index contributed by atoms with van der Waals surface area (Å²) < 4.78 is 5.97. The van der Waals surface area contributed by atoms with Crippen LogP contribution >= 0.6 is 0 Å². The van der Waals surface area contributed by atoms with Gasteiger partial charge in [-0.3, -0.25) is 9.59 Å². The van der Waals surface area contributed by atoms with Crippen molar-refractivity contribution in [3.8, 4) is 5.75 Å². The number of fused-ring (bicyclic) bond motifs is 1. The average molecular weight is 447 g/mol. The lowest BCUT2D eigenvalue weighted by Gasteiger charge is -2.33. The van der Waals surface area contributed by atoms with E-state index in [1.54, 1.807) is 4.90 Å². The summed E-state index contributed by atoms with van der Waals surface area (Å²) >= 11 is 0. The summed E-state index contributed by atoms with van der Waals surface area (Å²) in [6, 6.07) is 21.1. The van der Waals surface area contributed by atoms with Crippen LogP contribution in [-0.4, -0.2) is 34.9 Å². The lowest BCUT2D eigenvalue weighted by Crippen LogP contribution is -2.54. The Kier molecular flexibility index (Phi) is 7.75. The van der Waals surface area contributed by atoms with Gasteiger partial charge in [-0.15, -0.1) is 0 Å². The number of nitrogens with one attached hydrogen (secondary N) is 1. The van der Waals surface area contributed by atoms with Crippen LogP contribution in [-0.2, 0) is 16.1 Å². The van der Waals surface area contributed by atoms with Gasteiger partial charge in [-0.05, 0) is 51.1 Å². The zero-order chi connectivity index (χ0) is 24.0. The number of nitrogens with zero attached hydrogens (tertiary/aromatic N) is 1.